The maximum absolute atomic E-state index is 12.4. The lowest BCUT2D eigenvalue weighted by atomic mass is 9.99. The summed E-state index contributed by atoms with van der Waals surface area (Å²) in [7, 11) is 0. The molecule has 15 heteroatoms. The number of amides is 1. The van der Waals surface area contributed by atoms with Gasteiger partial charge in [-0.05, 0) is 24.3 Å². The molecule has 0 spiro atoms. The molecule has 0 saturated heterocycles. The Morgan fingerprint density at radius 3 is 2.26 bits per heavy atom. The minimum absolute atomic E-state index is 0.0199. The number of anilines is 2. The van der Waals surface area contributed by atoms with Gasteiger partial charge in [0, 0.05) is 17.7 Å². The Balaban J connectivity index is 1.64. The van der Waals surface area contributed by atoms with Gasteiger partial charge in [0.2, 0.25) is 5.95 Å². The van der Waals surface area contributed by atoms with Gasteiger partial charge in [-0.15, -0.1) is 0 Å². The molecule has 1 amide bonds. The topological polar surface area (TPSA) is 251 Å². The summed E-state index contributed by atoms with van der Waals surface area (Å²) in [5.74, 6) is -7.90. The number of aromatic amines is 1. The van der Waals surface area contributed by atoms with Gasteiger partial charge in [0.05, 0.1) is 18.4 Å². The summed E-state index contributed by atoms with van der Waals surface area (Å²) in [5.41, 5.74) is 6.09. The van der Waals surface area contributed by atoms with Crippen molar-refractivity contribution in [2.24, 2.45) is 5.92 Å². The van der Waals surface area contributed by atoms with Crippen LogP contribution in [0.2, 0.25) is 0 Å². The SMILES string of the molecule is Nc1nc2ncc(CNc3ccc(C(=O)N[C@@H](CC(C(=O)O)C(=O)O)C(=O)O)cc3)nc2c(=O)[nH]1. The van der Waals surface area contributed by atoms with E-state index in [4.69, 9.17) is 15.9 Å². The zero-order valence-corrected chi connectivity index (χ0v) is 17.8. The third-order valence-corrected chi connectivity index (χ3v) is 4.78. The number of benzene rings is 1. The molecule has 3 rings (SSSR count). The van der Waals surface area contributed by atoms with Crippen LogP contribution in [-0.4, -0.2) is 65.1 Å². The number of rotatable bonds is 10. The Labute approximate surface area is 195 Å². The van der Waals surface area contributed by atoms with Crippen molar-refractivity contribution in [1.82, 2.24) is 25.3 Å². The fraction of sp³-hybridized carbons (Fsp3) is 0.200. The van der Waals surface area contributed by atoms with Crippen molar-refractivity contribution in [2.45, 2.75) is 19.0 Å². The highest BCUT2D eigenvalue weighted by molar-refractivity contribution is 5.98. The van der Waals surface area contributed by atoms with Gasteiger partial charge < -0.3 is 31.7 Å². The van der Waals surface area contributed by atoms with Gasteiger partial charge in [-0.25, -0.2) is 14.8 Å². The van der Waals surface area contributed by atoms with Crippen molar-refractivity contribution in [1.29, 1.82) is 0 Å². The van der Waals surface area contributed by atoms with Crippen LogP contribution in [0.15, 0.2) is 35.3 Å². The number of hydrogen-bond acceptors (Lipinski definition) is 10. The molecule has 1 atom stereocenters. The molecule has 0 aliphatic heterocycles. The number of carboxylic acids is 3. The van der Waals surface area contributed by atoms with Gasteiger partial charge in [-0.2, -0.15) is 4.98 Å². The Bertz CT molecular complexity index is 1340. The van der Waals surface area contributed by atoms with Crippen LogP contribution < -0.4 is 21.9 Å². The monoisotopic (exact) mass is 485 g/mol. The number of nitrogens with two attached hydrogens (primary N) is 1. The normalized spacial score (nSPS) is 11.7. The number of nitrogen functional groups attached to an aromatic ring is 1. The van der Waals surface area contributed by atoms with Crippen molar-refractivity contribution in [3.63, 3.8) is 0 Å². The van der Waals surface area contributed by atoms with E-state index in [2.05, 4.69) is 30.6 Å². The van der Waals surface area contributed by atoms with Crippen molar-refractivity contribution >= 4 is 46.6 Å². The number of carboxylic acid groups (broad SMARTS) is 3. The molecule has 0 saturated carbocycles. The summed E-state index contributed by atoms with van der Waals surface area (Å²) in [6, 6.07) is 4.08. The first-order valence-electron chi connectivity index (χ1n) is 9.89. The number of aliphatic carboxylic acids is 3. The summed E-state index contributed by atoms with van der Waals surface area (Å²) >= 11 is 0. The second-order valence-electron chi connectivity index (χ2n) is 7.24. The Morgan fingerprint density at radius 2 is 1.66 bits per heavy atom. The van der Waals surface area contributed by atoms with E-state index in [9.17, 15) is 29.1 Å². The number of nitrogens with one attached hydrogen (secondary N) is 3. The van der Waals surface area contributed by atoms with E-state index in [1.807, 2.05) is 0 Å². The van der Waals surface area contributed by atoms with Gasteiger partial charge in [0.15, 0.2) is 17.1 Å². The van der Waals surface area contributed by atoms with Gasteiger partial charge in [0.25, 0.3) is 11.5 Å². The van der Waals surface area contributed by atoms with E-state index in [0.717, 1.165) is 0 Å². The third kappa shape index (κ3) is 6.04. The zero-order chi connectivity index (χ0) is 25.7. The second kappa shape index (κ2) is 10.2. The van der Waals surface area contributed by atoms with Crippen LogP contribution in [0.4, 0.5) is 11.6 Å². The number of carbonyl (C=O) groups is 4. The lowest BCUT2D eigenvalue weighted by molar-refractivity contribution is -0.155. The highest BCUT2D eigenvalue weighted by Gasteiger charge is 2.33. The number of H-pyrrole nitrogens is 1. The molecule has 0 fully saturated rings. The van der Waals surface area contributed by atoms with Crippen molar-refractivity contribution in [2.75, 3.05) is 11.1 Å². The quantitative estimate of drug-likeness (QED) is 0.175. The van der Waals surface area contributed by atoms with Crippen molar-refractivity contribution < 1.29 is 34.5 Å². The zero-order valence-electron chi connectivity index (χ0n) is 17.8. The highest BCUT2D eigenvalue weighted by atomic mass is 16.4. The first-order chi connectivity index (χ1) is 16.5. The number of carbonyl (C=O) groups excluding carboxylic acids is 1. The molecule has 0 radical (unpaired) electrons. The summed E-state index contributed by atoms with van der Waals surface area (Å²) in [6.45, 7) is 0.172. The molecule has 0 bridgehead atoms. The van der Waals surface area contributed by atoms with Crippen LogP contribution >= 0.6 is 0 Å². The predicted molar refractivity (Wildman–Crippen MR) is 118 cm³/mol. The van der Waals surface area contributed by atoms with Crippen molar-refractivity contribution in [3.8, 4) is 0 Å². The molecular weight excluding hydrogens is 466 g/mol. The highest BCUT2D eigenvalue weighted by Crippen LogP contribution is 2.13. The van der Waals surface area contributed by atoms with Gasteiger partial charge >= 0.3 is 17.9 Å². The maximum Gasteiger partial charge on any atom is 0.326 e. The largest absolute Gasteiger partial charge is 0.481 e. The maximum atomic E-state index is 12.4. The molecule has 3 aromatic rings. The van der Waals surface area contributed by atoms with Crippen LogP contribution in [0.3, 0.4) is 0 Å². The number of hydrogen-bond donors (Lipinski definition) is 7. The van der Waals surface area contributed by atoms with E-state index in [1.165, 1.54) is 30.5 Å². The lowest BCUT2D eigenvalue weighted by Crippen LogP contribution is -2.44. The molecule has 2 heterocycles. The first kappa shape index (κ1) is 24.6. The molecule has 0 aliphatic rings. The molecule has 8 N–H and O–H groups in total. The lowest BCUT2D eigenvalue weighted by Gasteiger charge is -2.17. The van der Waals surface area contributed by atoms with E-state index < -0.39 is 47.8 Å². The van der Waals surface area contributed by atoms with E-state index in [0.29, 0.717) is 11.4 Å². The minimum atomic E-state index is -2.00. The smallest absolute Gasteiger partial charge is 0.326 e. The Morgan fingerprint density at radius 1 is 1.00 bits per heavy atom. The number of nitrogens with zero attached hydrogens (tertiary/aromatic N) is 3. The average Bonchev–Trinajstić information content (AvgIpc) is 2.80. The summed E-state index contributed by atoms with van der Waals surface area (Å²) in [4.78, 5) is 72.2. The molecular formula is C20H19N7O8. The first-order valence-corrected chi connectivity index (χ1v) is 9.89. The number of fused-ring (bicyclic) bond motifs is 1. The predicted octanol–water partition coefficient (Wildman–Crippen LogP) is -0.734. The summed E-state index contributed by atoms with van der Waals surface area (Å²) in [5, 5.41) is 32.3. The summed E-state index contributed by atoms with van der Waals surface area (Å²) in [6.07, 6.45) is 0.583. The van der Waals surface area contributed by atoms with Crippen molar-refractivity contribution in [3.05, 3.63) is 52.1 Å². The second-order valence-corrected chi connectivity index (χ2v) is 7.24. The average molecular weight is 485 g/mol. The molecule has 2 aromatic heterocycles. The van der Waals surface area contributed by atoms with Crippen LogP contribution in [0.25, 0.3) is 11.2 Å². The van der Waals surface area contributed by atoms with E-state index in [1.54, 1.807) is 0 Å². The Hall–Kier alpha value is -5.08. The molecule has 35 heavy (non-hydrogen) atoms. The molecule has 15 nitrogen and oxygen atoms in total. The fourth-order valence-electron chi connectivity index (χ4n) is 2.99. The fourth-order valence-corrected chi connectivity index (χ4v) is 2.99. The summed E-state index contributed by atoms with van der Waals surface area (Å²) < 4.78 is 0. The van der Waals surface area contributed by atoms with E-state index in [-0.39, 0.29) is 29.2 Å². The molecule has 0 aliphatic carbocycles. The van der Waals surface area contributed by atoms with Crippen LogP contribution in [0.1, 0.15) is 22.5 Å². The standard InChI is InChI=1S/C20H19N7O8/c21-20-26-14-13(16(29)27-20)24-10(7-23-14)6-22-9-3-1-8(2-4-9)15(28)25-12(19(34)35)5-11(17(30)31)18(32)33/h1-4,7,11-12,22H,5-6H2,(H,25,28)(H,30,31)(H,32,33)(H,34,35)(H3,21,23,26,27,29)/t12-/m0/s1. The minimum Gasteiger partial charge on any atom is -0.481 e. The number of aromatic nitrogens is 4. The van der Waals surface area contributed by atoms with Crippen LogP contribution in [-0.2, 0) is 20.9 Å². The third-order valence-electron chi connectivity index (χ3n) is 4.78. The van der Waals surface area contributed by atoms with E-state index >= 15 is 0 Å². The van der Waals surface area contributed by atoms with Gasteiger partial charge in [-0.1, -0.05) is 0 Å². The van der Waals surface area contributed by atoms with Gasteiger partial charge in [-0.3, -0.25) is 24.2 Å². The van der Waals surface area contributed by atoms with Crippen LogP contribution in [0, 0.1) is 5.92 Å². The van der Waals surface area contributed by atoms with Gasteiger partial charge in [0.1, 0.15) is 6.04 Å². The molecule has 1 aromatic carbocycles. The Kier molecular flexibility index (Phi) is 7.19. The molecule has 0 unspecified atom stereocenters. The van der Waals surface area contributed by atoms with Crippen LogP contribution in [0.5, 0.6) is 0 Å². The molecule has 182 valence electrons.